The lowest BCUT2D eigenvalue weighted by Gasteiger charge is -2.34. The number of nitrogens with one attached hydrogen (secondary N) is 3. The summed E-state index contributed by atoms with van der Waals surface area (Å²) in [5.74, 6) is 0.00272. The fourth-order valence-electron chi connectivity index (χ4n) is 3.62. The van der Waals surface area contributed by atoms with E-state index >= 15 is 0 Å². The van der Waals surface area contributed by atoms with Crippen LogP contribution in [0.4, 0.5) is 10.5 Å². The van der Waals surface area contributed by atoms with Gasteiger partial charge in [0.1, 0.15) is 11.5 Å². The Hall–Kier alpha value is -3.35. The van der Waals surface area contributed by atoms with E-state index in [1.54, 1.807) is 25.3 Å². The van der Waals surface area contributed by atoms with E-state index in [0.29, 0.717) is 17.2 Å². The van der Waals surface area contributed by atoms with Crippen LogP contribution in [0.3, 0.4) is 0 Å². The molecule has 34 heavy (non-hydrogen) atoms. The van der Waals surface area contributed by atoms with Gasteiger partial charge in [0, 0.05) is 18.9 Å². The number of carbonyl (C=O) groups is 2. The maximum Gasteiger partial charge on any atom is 0.321 e. The molecule has 0 aromatic heterocycles. The molecule has 1 aliphatic rings. The summed E-state index contributed by atoms with van der Waals surface area (Å²) in [6.07, 6.45) is -0.153. The molecule has 12 heteroatoms. The number of methoxy groups -OCH3 is 1. The first-order valence-electron chi connectivity index (χ1n) is 10.4. The van der Waals surface area contributed by atoms with Crippen molar-refractivity contribution in [3.63, 3.8) is 0 Å². The average molecular weight is 494 g/mol. The SMILES string of the molecule is COc1ccc(NC(=O)NCOc2ccc(S(=O)(=O)C3(C(=O)NO)CCOCC3)cc2)c(C)c1. The minimum atomic E-state index is -4.13. The van der Waals surface area contributed by atoms with E-state index < -0.39 is 26.5 Å². The Bertz CT molecular complexity index is 1130. The van der Waals surface area contributed by atoms with Crippen LogP contribution in [0.2, 0.25) is 0 Å². The quantitative estimate of drug-likeness (QED) is 0.247. The van der Waals surface area contributed by atoms with E-state index in [1.165, 1.54) is 29.7 Å². The molecular formula is C22H27N3O8S. The summed E-state index contributed by atoms with van der Waals surface area (Å²) in [6, 6.07) is 10.2. The first-order valence-corrected chi connectivity index (χ1v) is 11.9. The molecule has 1 aliphatic heterocycles. The van der Waals surface area contributed by atoms with E-state index in [9.17, 15) is 18.0 Å². The summed E-state index contributed by atoms with van der Waals surface area (Å²) >= 11 is 0. The Morgan fingerprint density at radius 2 is 1.74 bits per heavy atom. The number of hydroxylamine groups is 1. The summed E-state index contributed by atoms with van der Waals surface area (Å²) in [4.78, 5) is 24.3. The molecule has 0 aliphatic carbocycles. The van der Waals surface area contributed by atoms with Gasteiger partial charge in [0.05, 0.1) is 12.0 Å². The smallest absolute Gasteiger partial charge is 0.321 e. The number of rotatable bonds is 8. The predicted molar refractivity (Wildman–Crippen MR) is 122 cm³/mol. The Morgan fingerprint density at radius 1 is 1.09 bits per heavy atom. The molecule has 0 unspecified atom stereocenters. The molecule has 2 aromatic rings. The molecule has 2 aromatic carbocycles. The van der Waals surface area contributed by atoms with Gasteiger partial charge in [0.15, 0.2) is 21.3 Å². The van der Waals surface area contributed by atoms with Crippen molar-refractivity contribution in [3.8, 4) is 11.5 Å². The molecule has 4 N–H and O–H groups in total. The summed E-state index contributed by atoms with van der Waals surface area (Å²) < 4.78 is 40.4. The highest BCUT2D eigenvalue weighted by Gasteiger charge is 2.52. The van der Waals surface area contributed by atoms with Crippen LogP contribution in [0.5, 0.6) is 11.5 Å². The minimum absolute atomic E-state index is 0.0767. The summed E-state index contributed by atoms with van der Waals surface area (Å²) in [5, 5.41) is 14.4. The molecule has 0 atom stereocenters. The third-order valence-electron chi connectivity index (χ3n) is 5.62. The van der Waals surface area contributed by atoms with E-state index in [2.05, 4.69) is 10.6 Å². The molecule has 0 spiro atoms. The molecule has 0 bridgehead atoms. The summed E-state index contributed by atoms with van der Waals surface area (Å²) in [7, 11) is -2.57. The van der Waals surface area contributed by atoms with Crippen LogP contribution in [-0.4, -0.2) is 57.4 Å². The Kier molecular flexibility index (Phi) is 7.97. The molecule has 184 valence electrons. The van der Waals surface area contributed by atoms with Gasteiger partial charge in [-0.1, -0.05) is 0 Å². The standard InChI is InChI=1S/C22H27N3O8S/c1-15-13-17(31-2)5-8-19(15)24-21(27)23-14-33-16-3-6-18(7-4-16)34(29,30)22(20(26)25-28)9-11-32-12-10-22/h3-8,13,28H,9-12,14H2,1-2H3,(H,25,26)(H2,23,24,27). The van der Waals surface area contributed by atoms with Crippen molar-refractivity contribution in [2.45, 2.75) is 29.4 Å². The molecule has 11 nitrogen and oxygen atoms in total. The van der Waals surface area contributed by atoms with Crippen LogP contribution >= 0.6 is 0 Å². The highest BCUT2D eigenvalue weighted by molar-refractivity contribution is 7.93. The number of hydrogen-bond acceptors (Lipinski definition) is 8. The fourth-order valence-corrected chi connectivity index (χ4v) is 5.56. The van der Waals surface area contributed by atoms with Gasteiger partial charge < -0.3 is 24.8 Å². The van der Waals surface area contributed by atoms with Gasteiger partial charge in [0.2, 0.25) is 0 Å². The number of aryl methyl sites for hydroxylation is 1. The normalized spacial score (nSPS) is 15.1. The van der Waals surface area contributed by atoms with Crippen molar-refractivity contribution < 1.29 is 37.4 Å². The minimum Gasteiger partial charge on any atom is -0.497 e. The Morgan fingerprint density at radius 3 is 2.32 bits per heavy atom. The van der Waals surface area contributed by atoms with E-state index in [0.717, 1.165) is 5.56 Å². The maximum atomic E-state index is 13.2. The molecule has 0 saturated carbocycles. The monoisotopic (exact) mass is 493 g/mol. The van der Waals surface area contributed by atoms with Gasteiger partial charge in [-0.2, -0.15) is 0 Å². The zero-order chi connectivity index (χ0) is 24.8. The van der Waals surface area contributed by atoms with Crippen LogP contribution in [0.15, 0.2) is 47.4 Å². The number of ether oxygens (including phenoxy) is 3. The average Bonchev–Trinajstić information content (AvgIpc) is 2.85. The van der Waals surface area contributed by atoms with Gasteiger partial charge in [-0.3, -0.25) is 10.0 Å². The topological polar surface area (TPSA) is 152 Å². The lowest BCUT2D eigenvalue weighted by atomic mass is 9.98. The maximum absolute atomic E-state index is 13.2. The number of urea groups is 1. The Balaban J connectivity index is 1.60. The molecular weight excluding hydrogens is 466 g/mol. The van der Waals surface area contributed by atoms with Crippen LogP contribution in [0.25, 0.3) is 0 Å². The predicted octanol–water partition coefficient (Wildman–Crippen LogP) is 1.99. The molecule has 3 amide bonds. The van der Waals surface area contributed by atoms with Gasteiger partial charge in [-0.25, -0.2) is 18.7 Å². The lowest BCUT2D eigenvalue weighted by molar-refractivity contribution is -0.134. The van der Waals surface area contributed by atoms with Gasteiger partial charge in [0.25, 0.3) is 5.91 Å². The van der Waals surface area contributed by atoms with Crippen LogP contribution in [0, 0.1) is 6.92 Å². The molecule has 1 saturated heterocycles. The van der Waals surface area contributed by atoms with Crippen molar-refractivity contribution in [3.05, 3.63) is 48.0 Å². The zero-order valence-electron chi connectivity index (χ0n) is 18.8. The molecule has 0 radical (unpaired) electrons. The Labute approximate surface area is 197 Å². The van der Waals surface area contributed by atoms with Crippen LogP contribution in [0.1, 0.15) is 18.4 Å². The van der Waals surface area contributed by atoms with Gasteiger partial charge in [-0.05, 0) is 67.8 Å². The van der Waals surface area contributed by atoms with E-state index in [4.69, 9.17) is 19.4 Å². The van der Waals surface area contributed by atoms with E-state index in [1.807, 2.05) is 6.92 Å². The first-order chi connectivity index (χ1) is 16.2. The zero-order valence-corrected chi connectivity index (χ0v) is 19.6. The fraction of sp³-hybridized carbons (Fsp3) is 0.364. The summed E-state index contributed by atoms with van der Waals surface area (Å²) in [6.45, 7) is 1.83. The highest BCUT2D eigenvalue weighted by atomic mass is 32.2. The van der Waals surface area contributed by atoms with Crippen molar-refractivity contribution >= 4 is 27.5 Å². The second-order valence-electron chi connectivity index (χ2n) is 7.62. The van der Waals surface area contributed by atoms with Gasteiger partial charge in [-0.15, -0.1) is 0 Å². The highest BCUT2D eigenvalue weighted by Crippen LogP contribution is 2.35. The second-order valence-corrected chi connectivity index (χ2v) is 9.88. The summed E-state index contributed by atoms with van der Waals surface area (Å²) in [5.41, 5.74) is 2.91. The molecule has 3 rings (SSSR count). The lowest BCUT2D eigenvalue weighted by Crippen LogP contribution is -2.54. The largest absolute Gasteiger partial charge is 0.497 e. The van der Waals surface area contributed by atoms with Crippen LogP contribution < -0.4 is 25.6 Å². The number of amides is 3. The number of hydrogen-bond donors (Lipinski definition) is 4. The van der Waals surface area contributed by atoms with Crippen molar-refractivity contribution in [1.29, 1.82) is 0 Å². The first kappa shape index (κ1) is 25.3. The van der Waals surface area contributed by atoms with Crippen molar-refractivity contribution in [2.75, 3.05) is 32.4 Å². The number of anilines is 1. The van der Waals surface area contributed by atoms with Crippen molar-refractivity contribution in [1.82, 2.24) is 10.8 Å². The number of carbonyl (C=O) groups excluding carboxylic acids is 2. The van der Waals surface area contributed by atoms with Crippen molar-refractivity contribution in [2.24, 2.45) is 0 Å². The van der Waals surface area contributed by atoms with Gasteiger partial charge >= 0.3 is 6.03 Å². The third-order valence-corrected chi connectivity index (χ3v) is 8.13. The van der Waals surface area contributed by atoms with Crippen LogP contribution in [-0.2, 0) is 19.4 Å². The second kappa shape index (κ2) is 10.7. The molecule has 1 fully saturated rings. The third kappa shape index (κ3) is 5.24. The number of sulfone groups is 1. The van der Waals surface area contributed by atoms with E-state index in [-0.39, 0.29) is 37.7 Å². The molecule has 1 heterocycles. The number of benzene rings is 2.